The summed E-state index contributed by atoms with van der Waals surface area (Å²) in [7, 11) is -3.76. The van der Waals surface area contributed by atoms with Gasteiger partial charge in [-0.1, -0.05) is 23.2 Å². The van der Waals surface area contributed by atoms with Crippen LogP contribution in [-0.4, -0.2) is 19.9 Å². The van der Waals surface area contributed by atoms with Crippen molar-refractivity contribution in [3.8, 4) is 0 Å². The molecule has 0 atom stereocenters. The third-order valence-electron chi connectivity index (χ3n) is 3.93. The second-order valence-corrected chi connectivity index (χ2v) is 8.22. The fourth-order valence-corrected chi connectivity index (χ4v) is 4.56. The van der Waals surface area contributed by atoms with Gasteiger partial charge in [-0.2, -0.15) is 0 Å². The van der Waals surface area contributed by atoms with Crippen molar-refractivity contribution in [2.45, 2.75) is 18.2 Å². The maximum Gasteiger partial charge on any atom is 0.242 e. The molecule has 2 N–H and O–H groups in total. The zero-order chi connectivity index (χ0) is 18.2. The van der Waals surface area contributed by atoms with Crippen LogP contribution in [-0.2, 0) is 16.4 Å². The molecule has 0 saturated heterocycles. The first-order valence-electron chi connectivity index (χ1n) is 7.49. The zero-order valence-electron chi connectivity index (χ0n) is 13.2. The predicted molar refractivity (Wildman–Crippen MR) is 98.3 cm³/mol. The first-order chi connectivity index (χ1) is 11.8. The molecule has 0 aliphatic heterocycles. The van der Waals surface area contributed by atoms with Gasteiger partial charge in [0.1, 0.15) is 10.7 Å². The van der Waals surface area contributed by atoms with Crippen molar-refractivity contribution >= 4 is 44.1 Å². The van der Waals surface area contributed by atoms with Gasteiger partial charge in [0.05, 0.1) is 5.02 Å². The number of rotatable bonds is 5. The summed E-state index contributed by atoms with van der Waals surface area (Å²) in [5.41, 5.74) is 2.57. The number of hydrogen-bond donors (Lipinski definition) is 2. The average molecular weight is 401 g/mol. The lowest BCUT2D eigenvalue weighted by Crippen LogP contribution is -2.26. The molecule has 0 unspecified atom stereocenters. The van der Waals surface area contributed by atoms with Gasteiger partial charge in [-0.25, -0.2) is 17.5 Å². The van der Waals surface area contributed by atoms with Crippen LogP contribution in [0.4, 0.5) is 4.39 Å². The van der Waals surface area contributed by atoms with E-state index in [1.165, 1.54) is 30.3 Å². The van der Waals surface area contributed by atoms with Crippen LogP contribution in [0.1, 0.15) is 11.3 Å². The van der Waals surface area contributed by atoms with E-state index in [-0.39, 0.29) is 22.3 Å². The average Bonchev–Trinajstić information content (AvgIpc) is 2.82. The number of fused-ring (bicyclic) bond motifs is 1. The Morgan fingerprint density at radius 3 is 2.64 bits per heavy atom. The second-order valence-electron chi connectivity index (χ2n) is 5.64. The Morgan fingerprint density at radius 2 is 1.92 bits per heavy atom. The minimum Gasteiger partial charge on any atom is -0.358 e. The first-order valence-corrected chi connectivity index (χ1v) is 9.73. The largest absolute Gasteiger partial charge is 0.358 e. The van der Waals surface area contributed by atoms with Crippen molar-refractivity contribution < 1.29 is 12.8 Å². The monoisotopic (exact) mass is 400 g/mol. The van der Waals surface area contributed by atoms with Crippen LogP contribution in [0.5, 0.6) is 0 Å². The molecule has 3 rings (SSSR count). The molecule has 1 aromatic heterocycles. The Balaban J connectivity index is 1.79. The van der Waals surface area contributed by atoms with Gasteiger partial charge in [0.2, 0.25) is 10.0 Å². The summed E-state index contributed by atoms with van der Waals surface area (Å²) in [6.45, 7) is 2.03. The number of sulfonamides is 1. The quantitative estimate of drug-likeness (QED) is 0.664. The van der Waals surface area contributed by atoms with E-state index in [2.05, 4.69) is 9.71 Å². The third-order valence-corrected chi connectivity index (χ3v) is 6.11. The first kappa shape index (κ1) is 18.2. The van der Waals surface area contributed by atoms with Crippen LogP contribution in [0.25, 0.3) is 10.9 Å². The van der Waals surface area contributed by atoms with Crippen molar-refractivity contribution in [2.24, 2.45) is 0 Å². The number of halogens is 3. The molecule has 0 radical (unpaired) electrons. The van der Waals surface area contributed by atoms with Crippen LogP contribution in [0.2, 0.25) is 10.0 Å². The smallest absolute Gasteiger partial charge is 0.242 e. The molecule has 1 heterocycles. The number of aromatic nitrogens is 1. The minimum atomic E-state index is -3.76. The highest BCUT2D eigenvalue weighted by Gasteiger charge is 2.18. The van der Waals surface area contributed by atoms with Gasteiger partial charge in [-0.3, -0.25) is 0 Å². The fourth-order valence-electron chi connectivity index (χ4n) is 2.76. The molecule has 3 aromatic rings. The van der Waals surface area contributed by atoms with Gasteiger partial charge < -0.3 is 4.98 Å². The molecule has 0 amide bonds. The standard InChI is InChI=1S/C17H15Cl2FN2O2S/c1-10-13(14-9-12(20)3-4-16(14)22-10)6-7-21-25(23,24)17-5-2-11(18)8-15(17)19/h2-5,8-9,21-22H,6-7H2,1H3. The van der Waals surface area contributed by atoms with Gasteiger partial charge in [-0.05, 0) is 55.3 Å². The molecule has 132 valence electrons. The Bertz CT molecular complexity index is 1050. The second kappa shape index (κ2) is 6.96. The molecule has 0 saturated carbocycles. The molecule has 0 aliphatic carbocycles. The Kier molecular flexibility index (Phi) is 5.06. The highest BCUT2D eigenvalue weighted by Crippen LogP contribution is 2.26. The van der Waals surface area contributed by atoms with Crippen LogP contribution < -0.4 is 4.72 Å². The predicted octanol–water partition coefficient (Wildman–Crippen LogP) is 4.44. The summed E-state index contributed by atoms with van der Waals surface area (Å²) >= 11 is 11.8. The highest BCUT2D eigenvalue weighted by atomic mass is 35.5. The van der Waals surface area contributed by atoms with E-state index in [1.807, 2.05) is 6.92 Å². The number of aryl methyl sites for hydroxylation is 1. The summed E-state index contributed by atoms with van der Waals surface area (Å²) < 4.78 is 40.8. The van der Waals surface area contributed by atoms with E-state index in [0.29, 0.717) is 11.4 Å². The van der Waals surface area contributed by atoms with Crippen molar-refractivity contribution in [1.29, 1.82) is 0 Å². The van der Waals surface area contributed by atoms with Crippen LogP contribution in [0.15, 0.2) is 41.3 Å². The number of nitrogens with one attached hydrogen (secondary N) is 2. The summed E-state index contributed by atoms with van der Waals surface area (Å²) in [6.07, 6.45) is 0.416. The van der Waals surface area contributed by atoms with Gasteiger partial charge in [0.15, 0.2) is 0 Å². The molecule has 0 spiro atoms. The molecule has 0 bridgehead atoms. The Labute approximate surface area is 155 Å². The van der Waals surface area contributed by atoms with Crippen molar-refractivity contribution in [2.75, 3.05) is 6.54 Å². The van der Waals surface area contributed by atoms with Crippen molar-refractivity contribution in [1.82, 2.24) is 9.71 Å². The number of H-pyrrole nitrogens is 1. The lowest BCUT2D eigenvalue weighted by molar-refractivity contribution is 0.581. The molecule has 0 aliphatic rings. The Hall–Kier alpha value is -1.60. The van der Waals surface area contributed by atoms with E-state index >= 15 is 0 Å². The van der Waals surface area contributed by atoms with E-state index < -0.39 is 10.0 Å². The van der Waals surface area contributed by atoms with Gasteiger partial charge >= 0.3 is 0 Å². The molecule has 4 nitrogen and oxygen atoms in total. The maximum atomic E-state index is 13.5. The minimum absolute atomic E-state index is 0.0275. The number of hydrogen-bond acceptors (Lipinski definition) is 2. The summed E-state index contributed by atoms with van der Waals surface area (Å²) in [5, 5.41) is 1.17. The molecular formula is C17H15Cl2FN2O2S. The maximum absolute atomic E-state index is 13.5. The zero-order valence-corrected chi connectivity index (χ0v) is 15.6. The van der Waals surface area contributed by atoms with Gasteiger partial charge in [-0.15, -0.1) is 0 Å². The number of benzene rings is 2. The fraction of sp³-hybridized carbons (Fsp3) is 0.176. The third kappa shape index (κ3) is 3.82. The van der Waals surface area contributed by atoms with E-state index in [0.717, 1.165) is 22.2 Å². The SMILES string of the molecule is Cc1[nH]c2ccc(F)cc2c1CCNS(=O)(=O)c1ccc(Cl)cc1Cl. The molecule has 0 fully saturated rings. The van der Waals surface area contributed by atoms with Crippen molar-refractivity contribution in [3.63, 3.8) is 0 Å². The molecule has 8 heteroatoms. The molecular weight excluding hydrogens is 386 g/mol. The highest BCUT2D eigenvalue weighted by molar-refractivity contribution is 7.89. The summed E-state index contributed by atoms with van der Waals surface area (Å²) in [4.78, 5) is 3.14. The lowest BCUT2D eigenvalue weighted by Gasteiger charge is -2.09. The number of aromatic amines is 1. The van der Waals surface area contributed by atoms with Crippen molar-refractivity contribution in [3.05, 3.63) is 63.5 Å². The van der Waals surface area contributed by atoms with E-state index in [4.69, 9.17) is 23.2 Å². The molecule has 25 heavy (non-hydrogen) atoms. The topological polar surface area (TPSA) is 62.0 Å². The van der Waals surface area contributed by atoms with Crippen LogP contribution in [0.3, 0.4) is 0 Å². The van der Waals surface area contributed by atoms with Gasteiger partial charge in [0, 0.05) is 28.2 Å². The van der Waals surface area contributed by atoms with E-state index in [1.54, 1.807) is 6.07 Å². The van der Waals surface area contributed by atoms with Crippen LogP contribution >= 0.6 is 23.2 Å². The normalized spacial score (nSPS) is 12.0. The van der Waals surface area contributed by atoms with Gasteiger partial charge in [0.25, 0.3) is 0 Å². The summed E-state index contributed by atoms with van der Waals surface area (Å²) in [6, 6.07) is 8.70. The molecule has 2 aromatic carbocycles. The lowest BCUT2D eigenvalue weighted by atomic mass is 10.1. The Morgan fingerprint density at radius 1 is 1.16 bits per heavy atom. The van der Waals surface area contributed by atoms with E-state index in [9.17, 15) is 12.8 Å². The van der Waals surface area contributed by atoms with Crippen LogP contribution in [0, 0.1) is 12.7 Å². The summed E-state index contributed by atoms with van der Waals surface area (Å²) in [5.74, 6) is -0.332.